The van der Waals surface area contributed by atoms with Crippen molar-refractivity contribution in [2.45, 2.75) is 69.3 Å². The Morgan fingerprint density at radius 2 is 1.77 bits per heavy atom. The lowest BCUT2D eigenvalue weighted by Crippen LogP contribution is -2.35. The van der Waals surface area contributed by atoms with Gasteiger partial charge in [0.25, 0.3) is 5.91 Å². The highest BCUT2D eigenvalue weighted by Crippen LogP contribution is 2.40. The van der Waals surface area contributed by atoms with Crippen molar-refractivity contribution in [3.05, 3.63) is 100 Å². The molecule has 0 radical (unpaired) electrons. The Bertz CT molecular complexity index is 1580. The Balaban J connectivity index is 1.32. The molecule has 0 spiro atoms. The van der Waals surface area contributed by atoms with E-state index in [1.54, 1.807) is 30.0 Å². The van der Waals surface area contributed by atoms with Crippen molar-refractivity contribution in [1.82, 2.24) is 15.5 Å². The van der Waals surface area contributed by atoms with Crippen LogP contribution >= 0.6 is 23.1 Å². The average molecular weight is 634 g/mol. The van der Waals surface area contributed by atoms with Crippen molar-refractivity contribution < 1.29 is 28.9 Å². The largest absolute Gasteiger partial charge is 0.453 e. The number of esters is 1. The minimum atomic E-state index is -0.858. The fraction of sp³-hybridized carbons (Fsp3) is 0.333. The number of aliphatic hydroxyl groups excluding tert-OH is 1. The number of aromatic nitrogens is 2. The number of amides is 1. The first-order valence-corrected chi connectivity index (χ1v) is 16.2. The summed E-state index contributed by atoms with van der Waals surface area (Å²) in [4.78, 5) is 23.5. The van der Waals surface area contributed by atoms with Gasteiger partial charge in [0.2, 0.25) is 0 Å². The zero-order valence-corrected chi connectivity index (χ0v) is 26.4. The Kier molecular flexibility index (Phi) is 10.8. The summed E-state index contributed by atoms with van der Waals surface area (Å²) >= 11 is 3.21. The number of thioether (sulfide) groups is 1. The number of nitrogens with zero attached hydrogens (tertiary/aromatic N) is 2. The van der Waals surface area contributed by atoms with Crippen LogP contribution in [-0.4, -0.2) is 45.1 Å². The highest BCUT2D eigenvalue weighted by atomic mass is 32.2. The maximum atomic E-state index is 12.3. The van der Waals surface area contributed by atoms with Gasteiger partial charge >= 0.3 is 5.97 Å². The Hall–Kier alpha value is -3.61. The SMILES string of the molecule is CC(=O)O[C@@H](C)C(=O)NCc1cccc(-c2cccc([C@@H]3O[C@H](CSc4nnc(C)s4)C[C@H](c4ccc(CO)cc4)O3)c2)c1. The van der Waals surface area contributed by atoms with Gasteiger partial charge in [-0.2, -0.15) is 0 Å². The normalized spacial score (nSPS) is 18.9. The molecular weight excluding hydrogens is 599 g/mol. The minimum Gasteiger partial charge on any atom is -0.453 e. The van der Waals surface area contributed by atoms with Crippen LogP contribution in [0.2, 0.25) is 0 Å². The van der Waals surface area contributed by atoms with Gasteiger partial charge in [0.15, 0.2) is 16.7 Å². The zero-order valence-electron chi connectivity index (χ0n) is 24.8. The first kappa shape index (κ1) is 31.8. The Morgan fingerprint density at radius 3 is 2.48 bits per heavy atom. The average Bonchev–Trinajstić information content (AvgIpc) is 3.47. The summed E-state index contributed by atoms with van der Waals surface area (Å²) in [6.45, 7) is 5.06. The third-order valence-corrected chi connectivity index (χ3v) is 9.22. The van der Waals surface area contributed by atoms with Gasteiger partial charge in [-0.3, -0.25) is 9.59 Å². The van der Waals surface area contributed by atoms with E-state index in [9.17, 15) is 14.7 Å². The molecule has 0 bridgehead atoms. The van der Waals surface area contributed by atoms with Crippen LogP contribution in [0.3, 0.4) is 0 Å². The van der Waals surface area contributed by atoms with Crippen molar-refractivity contribution in [3.63, 3.8) is 0 Å². The van der Waals surface area contributed by atoms with Crippen LogP contribution < -0.4 is 5.32 Å². The number of rotatable bonds is 11. The molecule has 1 aliphatic heterocycles. The molecule has 230 valence electrons. The van der Waals surface area contributed by atoms with Gasteiger partial charge in [0, 0.05) is 31.2 Å². The molecule has 9 nitrogen and oxygen atoms in total. The summed E-state index contributed by atoms with van der Waals surface area (Å²) in [5, 5.41) is 21.6. The number of benzene rings is 3. The fourth-order valence-electron chi connectivity index (χ4n) is 4.88. The number of carbonyl (C=O) groups excluding carboxylic acids is 2. The molecule has 2 N–H and O–H groups in total. The number of hydrogen-bond donors (Lipinski definition) is 2. The quantitative estimate of drug-likeness (QED) is 0.153. The van der Waals surface area contributed by atoms with Gasteiger partial charge < -0.3 is 24.6 Å². The molecule has 2 heterocycles. The predicted molar refractivity (Wildman–Crippen MR) is 169 cm³/mol. The molecular formula is C33H35N3O6S2. The molecule has 11 heteroatoms. The van der Waals surface area contributed by atoms with Crippen molar-refractivity contribution in [2.24, 2.45) is 0 Å². The minimum absolute atomic E-state index is 0.00810. The number of aliphatic hydroxyl groups is 1. The lowest BCUT2D eigenvalue weighted by Gasteiger charge is -2.36. The highest BCUT2D eigenvalue weighted by Gasteiger charge is 2.32. The van der Waals surface area contributed by atoms with Crippen molar-refractivity contribution >= 4 is 35.0 Å². The molecule has 0 unspecified atom stereocenters. The Labute approximate surface area is 265 Å². The second-order valence-corrected chi connectivity index (χ2v) is 13.0. The van der Waals surface area contributed by atoms with Gasteiger partial charge in [0.1, 0.15) is 5.01 Å². The first-order chi connectivity index (χ1) is 21.3. The molecule has 1 saturated heterocycles. The van der Waals surface area contributed by atoms with Crippen LogP contribution in [0.4, 0.5) is 0 Å². The lowest BCUT2D eigenvalue weighted by molar-refractivity contribution is -0.245. The van der Waals surface area contributed by atoms with Crippen LogP contribution in [-0.2, 0) is 37.0 Å². The zero-order chi connectivity index (χ0) is 31.1. The molecule has 44 heavy (non-hydrogen) atoms. The highest BCUT2D eigenvalue weighted by molar-refractivity contribution is 8.01. The molecule has 0 saturated carbocycles. The molecule has 3 aromatic carbocycles. The van der Waals surface area contributed by atoms with E-state index >= 15 is 0 Å². The lowest BCUT2D eigenvalue weighted by atomic mass is 9.99. The molecule has 1 fully saturated rings. The first-order valence-electron chi connectivity index (χ1n) is 14.3. The van der Waals surface area contributed by atoms with E-state index in [2.05, 4.69) is 21.6 Å². The molecule has 4 atom stereocenters. The smallest absolute Gasteiger partial charge is 0.303 e. The molecule has 4 aromatic rings. The van der Waals surface area contributed by atoms with Crippen LogP contribution in [0, 0.1) is 6.92 Å². The van der Waals surface area contributed by atoms with Crippen molar-refractivity contribution in [1.29, 1.82) is 0 Å². The number of hydrogen-bond acceptors (Lipinski definition) is 10. The predicted octanol–water partition coefficient (Wildman–Crippen LogP) is 5.91. The maximum absolute atomic E-state index is 12.3. The van der Waals surface area contributed by atoms with Crippen molar-refractivity contribution in [2.75, 3.05) is 5.75 Å². The van der Waals surface area contributed by atoms with E-state index < -0.39 is 18.4 Å². The molecule has 1 aromatic heterocycles. The third-order valence-electron chi connectivity index (χ3n) is 7.11. The van der Waals surface area contributed by atoms with E-state index in [0.29, 0.717) is 18.7 Å². The molecule has 1 aliphatic rings. The summed E-state index contributed by atoms with van der Waals surface area (Å²) in [6.07, 6.45) is -1.03. The number of carbonyl (C=O) groups is 2. The van der Waals surface area contributed by atoms with E-state index in [1.165, 1.54) is 6.92 Å². The summed E-state index contributed by atoms with van der Waals surface area (Å²) in [6, 6.07) is 23.9. The van der Waals surface area contributed by atoms with Gasteiger partial charge in [-0.05, 0) is 53.8 Å². The summed E-state index contributed by atoms with van der Waals surface area (Å²) in [5.41, 5.74) is 5.67. The topological polar surface area (TPSA) is 120 Å². The Morgan fingerprint density at radius 1 is 1.02 bits per heavy atom. The van der Waals surface area contributed by atoms with E-state index in [-0.39, 0.29) is 24.7 Å². The van der Waals surface area contributed by atoms with Crippen LogP contribution in [0.25, 0.3) is 11.1 Å². The van der Waals surface area contributed by atoms with Gasteiger partial charge in [0.05, 0.1) is 18.8 Å². The van der Waals surface area contributed by atoms with E-state index in [4.69, 9.17) is 14.2 Å². The fourth-order valence-corrected chi connectivity index (χ4v) is 6.74. The number of nitrogens with one attached hydrogen (secondary N) is 1. The molecule has 1 amide bonds. The second kappa shape index (κ2) is 14.9. The monoisotopic (exact) mass is 633 g/mol. The standard InChI is InChI=1S/C33H35N3O6S2/c1-20(40-22(3)38)31(39)34-17-24-6-4-7-26(14-24)27-8-5-9-28(15-27)32-41-29(19-43-33-36-35-21(2)44-33)16-30(42-32)25-12-10-23(18-37)11-13-25/h4-15,20,29-30,32,37H,16-19H2,1-3H3,(H,34,39)/t20-,29-,30+,32+/m0/s1. The second-order valence-electron chi connectivity index (χ2n) is 10.5. The van der Waals surface area contributed by atoms with Crippen LogP contribution in [0.1, 0.15) is 59.9 Å². The third kappa shape index (κ3) is 8.52. The maximum Gasteiger partial charge on any atom is 0.303 e. The van der Waals surface area contributed by atoms with Crippen molar-refractivity contribution in [3.8, 4) is 11.1 Å². The van der Waals surface area contributed by atoms with E-state index in [1.807, 2.05) is 73.7 Å². The summed E-state index contributed by atoms with van der Waals surface area (Å²) < 4.78 is 18.9. The van der Waals surface area contributed by atoms with Gasteiger partial charge in [-0.1, -0.05) is 83.8 Å². The molecule has 0 aliphatic carbocycles. The number of ether oxygens (including phenoxy) is 3. The summed E-state index contributed by atoms with van der Waals surface area (Å²) in [7, 11) is 0. The van der Waals surface area contributed by atoms with Crippen LogP contribution in [0.5, 0.6) is 0 Å². The number of aryl methyl sites for hydroxylation is 1. The summed E-state index contributed by atoms with van der Waals surface area (Å²) in [5.74, 6) is -0.138. The molecule has 5 rings (SSSR count). The van der Waals surface area contributed by atoms with Gasteiger partial charge in [-0.15, -0.1) is 10.2 Å². The van der Waals surface area contributed by atoms with E-state index in [0.717, 1.165) is 42.7 Å². The van der Waals surface area contributed by atoms with Gasteiger partial charge in [-0.25, -0.2) is 0 Å². The van der Waals surface area contributed by atoms with Crippen LogP contribution in [0.15, 0.2) is 77.1 Å².